The van der Waals surface area contributed by atoms with Crippen LogP contribution in [0.25, 0.3) is 10.8 Å². The zero-order chi connectivity index (χ0) is 12.4. The standard InChI is InChI=1S/C15H18N2O/c18-13-6-5-11(9-13)10-17-15-14-4-2-1-3-12(14)7-8-16-15/h1-4,7-8,11,13,18H,5-6,9-10H2,(H,16,17). The van der Waals surface area contributed by atoms with E-state index in [1.165, 1.54) is 10.8 Å². The van der Waals surface area contributed by atoms with Gasteiger partial charge in [-0.2, -0.15) is 0 Å². The predicted octanol–water partition coefficient (Wildman–Crippen LogP) is 2.81. The van der Waals surface area contributed by atoms with Crippen molar-refractivity contribution >= 4 is 16.6 Å². The molecule has 2 atom stereocenters. The number of benzene rings is 1. The van der Waals surface area contributed by atoms with Gasteiger partial charge < -0.3 is 10.4 Å². The number of rotatable bonds is 3. The van der Waals surface area contributed by atoms with Gasteiger partial charge in [-0.1, -0.05) is 24.3 Å². The molecule has 2 N–H and O–H groups in total. The van der Waals surface area contributed by atoms with Gasteiger partial charge in [-0.3, -0.25) is 0 Å². The number of hydrogen-bond donors (Lipinski definition) is 2. The van der Waals surface area contributed by atoms with Crippen LogP contribution in [0.4, 0.5) is 5.82 Å². The summed E-state index contributed by atoms with van der Waals surface area (Å²) < 4.78 is 0. The summed E-state index contributed by atoms with van der Waals surface area (Å²) in [5.41, 5.74) is 0. The molecule has 0 amide bonds. The number of fused-ring (bicyclic) bond motifs is 1. The molecule has 3 rings (SSSR count). The van der Waals surface area contributed by atoms with Crippen molar-refractivity contribution in [2.24, 2.45) is 5.92 Å². The SMILES string of the molecule is OC1CCC(CNc2nccc3ccccc23)C1. The second kappa shape index (κ2) is 4.94. The Morgan fingerprint density at radius 2 is 2.11 bits per heavy atom. The number of anilines is 1. The van der Waals surface area contributed by atoms with Crippen molar-refractivity contribution in [2.45, 2.75) is 25.4 Å². The Bertz CT molecular complexity index is 536. The normalized spacial score (nSPS) is 23.4. The van der Waals surface area contributed by atoms with E-state index < -0.39 is 0 Å². The zero-order valence-corrected chi connectivity index (χ0v) is 10.3. The molecular weight excluding hydrogens is 224 g/mol. The van der Waals surface area contributed by atoms with Gasteiger partial charge in [0, 0.05) is 18.1 Å². The first-order valence-electron chi connectivity index (χ1n) is 6.58. The van der Waals surface area contributed by atoms with Crippen LogP contribution in [0.3, 0.4) is 0 Å². The molecule has 0 saturated heterocycles. The summed E-state index contributed by atoms with van der Waals surface area (Å²) in [6, 6.07) is 10.3. The average molecular weight is 242 g/mol. The molecule has 1 aromatic heterocycles. The summed E-state index contributed by atoms with van der Waals surface area (Å²) in [6.07, 6.45) is 4.71. The Morgan fingerprint density at radius 1 is 1.22 bits per heavy atom. The van der Waals surface area contributed by atoms with Gasteiger partial charge in [0.25, 0.3) is 0 Å². The van der Waals surface area contributed by atoms with Gasteiger partial charge in [-0.25, -0.2) is 4.98 Å². The smallest absolute Gasteiger partial charge is 0.133 e. The maximum absolute atomic E-state index is 9.53. The van der Waals surface area contributed by atoms with E-state index in [2.05, 4.69) is 22.4 Å². The first-order valence-corrected chi connectivity index (χ1v) is 6.58. The maximum Gasteiger partial charge on any atom is 0.133 e. The molecule has 0 aliphatic heterocycles. The Hall–Kier alpha value is -1.61. The van der Waals surface area contributed by atoms with Crippen LogP contribution in [0.2, 0.25) is 0 Å². The molecule has 94 valence electrons. The molecule has 3 nitrogen and oxygen atoms in total. The third kappa shape index (κ3) is 2.31. The minimum atomic E-state index is -0.0997. The average Bonchev–Trinajstić information content (AvgIpc) is 2.82. The molecule has 0 spiro atoms. The van der Waals surface area contributed by atoms with Gasteiger partial charge in [0.15, 0.2) is 0 Å². The van der Waals surface area contributed by atoms with E-state index in [0.29, 0.717) is 5.92 Å². The van der Waals surface area contributed by atoms with Crippen LogP contribution in [-0.2, 0) is 0 Å². The number of aliphatic hydroxyl groups is 1. The molecule has 1 aliphatic carbocycles. The van der Waals surface area contributed by atoms with E-state index >= 15 is 0 Å². The van der Waals surface area contributed by atoms with Gasteiger partial charge in [0.2, 0.25) is 0 Å². The number of nitrogens with zero attached hydrogens (tertiary/aromatic N) is 1. The highest BCUT2D eigenvalue weighted by atomic mass is 16.3. The fourth-order valence-corrected chi connectivity index (χ4v) is 2.74. The number of nitrogens with one attached hydrogen (secondary N) is 1. The highest BCUT2D eigenvalue weighted by Crippen LogP contribution is 2.26. The Kier molecular flexibility index (Phi) is 3.15. The van der Waals surface area contributed by atoms with Gasteiger partial charge in [0.1, 0.15) is 5.82 Å². The maximum atomic E-state index is 9.53. The molecule has 2 unspecified atom stereocenters. The summed E-state index contributed by atoms with van der Waals surface area (Å²) in [4.78, 5) is 4.41. The van der Waals surface area contributed by atoms with Crippen LogP contribution in [-0.4, -0.2) is 22.7 Å². The van der Waals surface area contributed by atoms with E-state index in [1.807, 2.05) is 24.4 Å². The second-order valence-corrected chi connectivity index (χ2v) is 5.09. The zero-order valence-electron chi connectivity index (χ0n) is 10.3. The van der Waals surface area contributed by atoms with E-state index in [1.54, 1.807) is 0 Å². The van der Waals surface area contributed by atoms with Crippen LogP contribution >= 0.6 is 0 Å². The second-order valence-electron chi connectivity index (χ2n) is 5.09. The molecule has 1 saturated carbocycles. The van der Waals surface area contributed by atoms with Crippen LogP contribution in [0.1, 0.15) is 19.3 Å². The molecule has 3 heteroatoms. The highest BCUT2D eigenvalue weighted by Gasteiger charge is 2.22. The van der Waals surface area contributed by atoms with Crippen LogP contribution < -0.4 is 5.32 Å². The van der Waals surface area contributed by atoms with Crippen LogP contribution in [0.15, 0.2) is 36.5 Å². The first-order chi connectivity index (χ1) is 8.83. The number of aromatic nitrogens is 1. The van der Waals surface area contributed by atoms with Crippen LogP contribution in [0, 0.1) is 5.92 Å². The lowest BCUT2D eigenvalue weighted by molar-refractivity contribution is 0.178. The van der Waals surface area contributed by atoms with E-state index in [0.717, 1.165) is 31.6 Å². The Morgan fingerprint density at radius 3 is 2.94 bits per heavy atom. The van der Waals surface area contributed by atoms with Gasteiger partial charge in [-0.05, 0) is 36.6 Å². The molecule has 1 fully saturated rings. The lowest BCUT2D eigenvalue weighted by Crippen LogP contribution is -2.13. The molecule has 1 aliphatic rings. The largest absolute Gasteiger partial charge is 0.393 e. The topological polar surface area (TPSA) is 45.1 Å². The van der Waals surface area contributed by atoms with E-state index in [4.69, 9.17) is 0 Å². The van der Waals surface area contributed by atoms with Crippen molar-refractivity contribution in [1.29, 1.82) is 0 Å². The van der Waals surface area contributed by atoms with Crippen LogP contribution in [0.5, 0.6) is 0 Å². The molecule has 0 radical (unpaired) electrons. The van der Waals surface area contributed by atoms with Crippen molar-refractivity contribution < 1.29 is 5.11 Å². The van der Waals surface area contributed by atoms with Gasteiger partial charge in [0.05, 0.1) is 6.10 Å². The summed E-state index contributed by atoms with van der Waals surface area (Å²) >= 11 is 0. The van der Waals surface area contributed by atoms with Crippen molar-refractivity contribution in [3.05, 3.63) is 36.5 Å². The molecule has 18 heavy (non-hydrogen) atoms. The molecule has 1 aromatic carbocycles. The summed E-state index contributed by atoms with van der Waals surface area (Å²) in [7, 11) is 0. The molecular formula is C15H18N2O. The lowest BCUT2D eigenvalue weighted by Gasteiger charge is -2.12. The van der Waals surface area contributed by atoms with Crippen molar-refractivity contribution in [3.8, 4) is 0 Å². The van der Waals surface area contributed by atoms with E-state index in [-0.39, 0.29) is 6.10 Å². The highest BCUT2D eigenvalue weighted by molar-refractivity contribution is 5.91. The van der Waals surface area contributed by atoms with E-state index in [9.17, 15) is 5.11 Å². The molecule has 1 heterocycles. The van der Waals surface area contributed by atoms with Crippen molar-refractivity contribution in [1.82, 2.24) is 4.98 Å². The molecule has 0 bridgehead atoms. The first kappa shape index (κ1) is 11.5. The quantitative estimate of drug-likeness (QED) is 0.870. The molecule has 2 aromatic rings. The minimum Gasteiger partial charge on any atom is -0.393 e. The predicted molar refractivity (Wildman–Crippen MR) is 73.6 cm³/mol. The number of pyridine rings is 1. The fourth-order valence-electron chi connectivity index (χ4n) is 2.74. The number of aliphatic hydroxyl groups excluding tert-OH is 1. The minimum absolute atomic E-state index is 0.0997. The lowest BCUT2D eigenvalue weighted by atomic mass is 10.1. The third-order valence-electron chi connectivity index (χ3n) is 3.75. The summed E-state index contributed by atoms with van der Waals surface area (Å²) in [5.74, 6) is 1.52. The third-order valence-corrected chi connectivity index (χ3v) is 3.75. The summed E-state index contributed by atoms with van der Waals surface area (Å²) in [5, 5.41) is 15.3. The summed E-state index contributed by atoms with van der Waals surface area (Å²) in [6.45, 7) is 0.901. The van der Waals surface area contributed by atoms with Gasteiger partial charge >= 0.3 is 0 Å². The van der Waals surface area contributed by atoms with Crippen molar-refractivity contribution in [3.63, 3.8) is 0 Å². The van der Waals surface area contributed by atoms with Crippen molar-refractivity contribution in [2.75, 3.05) is 11.9 Å². The Balaban J connectivity index is 1.74. The Labute approximate surface area is 107 Å². The number of hydrogen-bond acceptors (Lipinski definition) is 3. The van der Waals surface area contributed by atoms with Gasteiger partial charge in [-0.15, -0.1) is 0 Å². The fraction of sp³-hybridized carbons (Fsp3) is 0.400. The monoisotopic (exact) mass is 242 g/mol.